The Kier molecular flexibility index (Phi) is 5.00. The number of hydrogen-bond donors (Lipinski definition) is 0. The van der Waals surface area contributed by atoms with Gasteiger partial charge in [-0.25, -0.2) is 0 Å². The van der Waals surface area contributed by atoms with Gasteiger partial charge >= 0.3 is 0 Å². The normalized spacial score (nSPS) is 30.1. The Labute approximate surface area is 156 Å². The molecule has 142 valence electrons. The molecule has 0 bridgehead atoms. The molecule has 0 aromatic rings. The van der Waals surface area contributed by atoms with E-state index < -0.39 is 8.32 Å². The van der Waals surface area contributed by atoms with Gasteiger partial charge in [0.1, 0.15) is 0 Å². The largest absolute Gasteiger partial charge is 0.544 e. The van der Waals surface area contributed by atoms with Crippen molar-refractivity contribution in [2.24, 2.45) is 16.7 Å². The lowest BCUT2D eigenvalue weighted by Crippen LogP contribution is -2.49. The SMILES string of the molecule is C=C(O[Si](C)(C)C(C)(C)C)C1=C(C)C(=O)C[C@H]2C(C)(C)CCC[C@]12C. The van der Waals surface area contributed by atoms with Gasteiger partial charge in [0.15, 0.2) is 5.78 Å². The van der Waals surface area contributed by atoms with E-state index in [1.807, 2.05) is 6.92 Å². The number of fused-ring (bicyclic) bond motifs is 1. The van der Waals surface area contributed by atoms with E-state index in [9.17, 15) is 4.79 Å². The Balaban J connectivity index is 2.48. The number of Topliss-reactive ketones (excluding diaryl/α,β-unsaturated/α-hetero) is 1. The third kappa shape index (κ3) is 3.41. The third-order valence-electron chi connectivity index (χ3n) is 7.45. The molecular weight excluding hydrogens is 324 g/mol. The highest BCUT2D eigenvalue weighted by molar-refractivity contribution is 6.74. The van der Waals surface area contributed by atoms with E-state index >= 15 is 0 Å². The summed E-state index contributed by atoms with van der Waals surface area (Å²) in [5.41, 5.74) is 2.19. The Morgan fingerprint density at radius 3 is 2.28 bits per heavy atom. The zero-order valence-electron chi connectivity index (χ0n) is 17.9. The average Bonchev–Trinajstić information content (AvgIpc) is 2.39. The van der Waals surface area contributed by atoms with E-state index in [0.717, 1.165) is 23.3 Å². The van der Waals surface area contributed by atoms with Gasteiger partial charge in [0.25, 0.3) is 0 Å². The number of hydrogen-bond acceptors (Lipinski definition) is 2. The summed E-state index contributed by atoms with van der Waals surface area (Å²) in [5.74, 6) is 1.43. The summed E-state index contributed by atoms with van der Waals surface area (Å²) in [5, 5.41) is 0.120. The second-order valence-corrected chi connectivity index (χ2v) is 15.4. The standard InChI is InChI=1S/C22H38O2Si/c1-15-17(23)14-18-21(6,7)12-11-13-22(18,8)19(15)16(2)24-25(9,10)20(3,4)5/h18H,2,11-14H2,1,3-10H3/t18-,22-/m0/s1. The van der Waals surface area contributed by atoms with Crippen molar-refractivity contribution in [1.29, 1.82) is 0 Å². The first kappa shape index (κ1) is 20.5. The second kappa shape index (κ2) is 6.11. The molecule has 25 heavy (non-hydrogen) atoms. The summed E-state index contributed by atoms with van der Waals surface area (Å²) in [6.07, 6.45) is 4.20. The van der Waals surface area contributed by atoms with E-state index in [-0.39, 0.29) is 21.7 Å². The smallest absolute Gasteiger partial charge is 0.250 e. The number of carbonyl (C=O) groups excluding carboxylic acids is 1. The summed E-state index contributed by atoms with van der Waals surface area (Å²) >= 11 is 0. The minimum Gasteiger partial charge on any atom is -0.544 e. The lowest BCUT2D eigenvalue weighted by atomic mass is 9.50. The first-order chi connectivity index (χ1) is 11.1. The topological polar surface area (TPSA) is 26.3 Å². The van der Waals surface area contributed by atoms with Crippen LogP contribution < -0.4 is 0 Å². The number of rotatable bonds is 3. The van der Waals surface area contributed by atoms with Crippen molar-refractivity contribution in [3.8, 4) is 0 Å². The van der Waals surface area contributed by atoms with Gasteiger partial charge < -0.3 is 4.43 Å². The first-order valence-corrected chi connectivity index (χ1v) is 12.7. The average molecular weight is 363 g/mol. The van der Waals surface area contributed by atoms with Crippen LogP contribution in [0.3, 0.4) is 0 Å². The van der Waals surface area contributed by atoms with Crippen LogP contribution in [0.4, 0.5) is 0 Å². The summed E-state index contributed by atoms with van der Waals surface area (Å²) in [6.45, 7) is 24.6. The van der Waals surface area contributed by atoms with Gasteiger partial charge in [0.2, 0.25) is 8.32 Å². The van der Waals surface area contributed by atoms with Crippen LogP contribution in [0.5, 0.6) is 0 Å². The Bertz CT molecular complexity index is 618. The Morgan fingerprint density at radius 2 is 1.76 bits per heavy atom. The zero-order chi connectivity index (χ0) is 19.4. The van der Waals surface area contributed by atoms with Crippen molar-refractivity contribution in [2.45, 2.75) is 92.3 Å². The van der Waals surface area contributed by atoms with E-state index in [2.05, 4.69) is 61.2 Å². The maximum Gasteiger partial charge on any atom is 0.250 e. The fraction of sp³-hybridized carbons (Fsp3) is 0.773. The molecular formula is C22H38O2Si. The van der Waals surface area contributed by atoms with Gasteiger partial charge in [-0.05, 0) is 54.8 Å². The molecule has 2 rings (SSSR count). The Hall–Kier alpha value is -0.833. The fourth-order valence-corrected chi connectivity index (χ4v) is 5.89. The molecule has 2 aliphatic carbocycles. The highest BCUT2D eigenvalue weighted by Crippen LogP contribution is 2.60. The predicted octanol–water partition coefficient (Wildman–Crippen LogP) is 6.64. The van der Waals surface area contributed by atoms with Crippen molar-refractivity contribution in [1.82, 2.24) is 0 Å². The van der Waals surface area contributed by atoms with E-state index in [4.69, 9.17) is 4.43 Å². The van der Waals surface area contributed by atoms with E-state index in [1.54, 1.807) is 0 Å². The van der Waals surface area contributed by atoms with Crippen molar-refractivity contribution < 1.29 is 9.22 Å². The highest BCUT2D eigenvalue weighted by atomic mass is 28.4. The first-order valence-electron chi connectivity index (χ1n) is 9.76. The van der Waals surface area contributed by atoms with Crippen LogP contribution in [0.1, 0.15) is 74.1 Å². The summed E-state index contributed by atoms with van der Waals surface area (Å²) in [7, 11) is -1.97. The molecule has 3 heteroatoms. The maximum absolute atomic E-state index is 12.8. The minimum absolute atomic E-state index is 0.000803. The van der Waals surface area contributed by atoms with Gasteiger partial charge in [-0.15, -0.1) is 0 Å². The third-order valence-corrected chi connectivity index (χ3v) is 11.8. The lowest BCUT2D eigenvalue weighted by Gasteiger charge is -2.55. The quantitative estimate of drug-likeness (QED) is 0.415. The highest BCUT2D eigenvalue weighted by Gasteiger charge is 2.53. The molecule has 0 spiro atoms. The van der Waals surface area contributed by atoms with Crippen LogP contribution in [0.2, 0.25) is 18.1 Å². The molecule has 2 atom stereocenters. The van der Waals surface area contributed by atoms with Crippen LogP contribution in [0.15, 0.2) is 23.5 Å². The lowest BCUT2D eigenvalue weighted by molar-refractivity contribution is -0.121. The van der Waals surface area contributed by atoms with Crippen molar-refractivity contribution in [2.75, 3.05) is 0 Å². The summed E-state index contributed by atoms with van der Waals surface area (Å²) in [4.78, 5) is 12.8. The molecule has 0 N–H and O–H groups in total. The minimum atomic E-state index is -1.97. The second-order valence-electron chi connectivity index (χ2n) is 10.7. The molecule has 0 aliphatic heterocycles. The predicted molar refractivity (Wildman–Crippen MR) is 109 cm³/mol. The molecule has 0 saturated heterocycles. The Morgan fingerprint density at radius 1 is 1.20 bits per heavy atom. The molecule has 1 fully saturated rings. The van der Waals surface area contributed by atoms with Gasteiger partial charge in [0.05, 0.1) is 5.76 Å². The molecule has 0 heterocycles. The zero-order valence-corrected chi connectivity index (χ0v) is 18.9. The van der Waals surface area contributed by atoms with Gasteiger partial charge in [-0.3, -0.25) is 4.79 Å². The van der Waals surface area contributed by atoms with Gasteiger partial charge in [0, 0.05) is 17.4 Å². The molecule has 0 aromatic heterocycles. The number of carbonyl (C=O) groups is 1. The fourth-order valence-electron chi connectivity index (χ4n) is 4.87. The molecule has 0 radical (unpaired) electrons. The number of ketones is 1. The maximum atomic E-state index is 12.8. The molecule has 2 nitrogen and oxygen atoms in total. The van der Waals surface area contributed by atoms with Crippen LogP contribution in [-0.4, -0.2) is 14.1 Å². The van der Waals surface area contributed by atoms with Gasteiger partial charge in [-0.1, -0.05) is 54.5 Å². The van der Waals surface area contributed by atoms with Crippen molar-refractivity contribution >= 4 is 14.1 Å². The van der Waals surface area contributed by atoms with Crippen LogP contribution >= 0.6 is 0 Å². The molecule has 0 aromatic carbocycles. The number of allylic oxidation sites excluding steroid dienone is 2. The molecule has 2 aliphatic rings. The summed E-state index contributed by atoms with van der Waals surface area (Å²) in [6, 6.07) is 0. The van der Waals surface area contributed by atoms with E-state index in [0.29, 0.717) is 12.3 Å². The van der Waals surface area contributed by atoms with E-state index in [1.165, 1.54) is 12.8 Å². The molecule has 0 amide bonds. The van der Waals surface area contributed by atoms with Crippen molar-refractivity contribution in [3.05, 3.63) is 23.5 Å². The monoisotopic (exact) mass is 362 g/mol. The summed E-state index contributed by atoms with van der Waals surface area (Å²) < 4.78 is 6.58. The van der Waals surface area contributed by atoms with Crippen LogP contribution in [0.25, 0.3) is 0 Å². The van der Waals surface area contributed by atoms with Crippen molar-refractivity contribution in [3.63, 3.8) is 0 Å². The van der Waals surface area contributed by atoms with Gasteiger partial charge in [-0.2, -0.15) is 0 Å². The molecule has 1 saturated carbocycles. The van der Waals surface area contributed by atoms with Crippen LogP contribution in [0, 0.1) is 16.7 Å². The van der Waals surface area contributed by atoms with Crippen LogP contribution in [-0.2, 0) is 9.22 Å². The molecule has 0 unspecified atom stereocenters.